The smallest absolute Gasteiger partial charge is 0.224 e. The molecule has 0 aromatic carbocycles. The molecule has 0 saturated carbocycles. The summed E-state index contributed by atoms with van der Waals surface area (Å²) in [5.74, 6) is 1.46. The number of anilines is 2. The Kier molecular flexibility index (Phi) is 4.46. The van der Waals surface area contributed by atoms with Gasteiger partial charge >= 0.3 is 0 Å². The first-order valence-electron chi connectivity index (χ1n) is 6.09. The van der Waals surface area contributed by atoms with Crippen LogP contribution in [-0.4, -0.2) is 21.5 Å². The summed E-state index contributed by atoms with van der Waals surface area (Å²) >= 11 is 0. The summed E-state index contributed by atoms with van der Waals surface area (Å²) in [7, 11) is 0. The molecule has 2 aromatic heterocycles. The Morgan fingerprint density at radius 2 is 2.00 bits per heavy atom. The highest BCUT2D eigenvalue weighted by atomic mass is 15.1. The lowest BCUT2D eigenvalue weighted by Crippen LogP contribution is -2.07. The van der Waals surface area contributed by atoms with E-state index in [9.17, 15) is 0 Å². The molecule has 0 saturated heterocycles. The van der Waals surface area contributed by atoms with Crippen molar-refractivity contribution in [2.45, 2.75) is 19.9 Å². The predicted molar refractivity (Wildman–Crippen MR) is 72.4 cm³/mol. The molecule has 5 nitrogen and oxygen atoms in total. The average molecular weight is 243 g/mol. The molecule has 0 aliphatic heterocycles. The van der Waals surface area contributed by atoms with E-state index in [1.165, 1.54) is 0 Å². The fourth-order valence-electron chi connectivity index (χ4n) is 1.46. The number of nitrogens with one attached hydrogen (secondary N) is 2. The highest BCUT2D eigenvalue weighted by molar-refractivity contribution is 5.39. The van der Waals surface area contributed by atoms with Crippen molar-refractivity contribution in [2.24, 2.45) is 0 Å². The summed E-state index contributed by atoms with van der Waals surface area (Å²) < 4.78 is 0. The average Bonchev–Trinajstić information content (AvgIpc) is 2.44. The molecule has 94 valence electrons. The van der Waals surface area contributed by atoms with E-state index >= 15 is 0 Å². The maximum absolute atomic E-state index is 4.36. The second-order valence-electron chi connectivity index (χ2n) is 3.87. The molecule has 0 aliphatic rings. The quantitative estimate of drug-likeness (QED) is 0.815. The van der Waals surface area contributed by atoms with Crippen molar-refractivity contribution in [3.63, 3.8) is 0 Å². The molecule has 0 fully saturated rings. The Bertz CT molecular complexity index is 472. The Hall–Kier alpha value is -2.17. The van der Waals surface area contributed by atoms with Crippen LogP contribution in [0.25, 0.3) is 0 Å². The van der Waals surface area contributed by atoms with Crippen LogP contribution >= 0.6 is 0 Å². The molecule has 2 aromatic rings. The minimum Gasteiger partial charge on any atom is -0.364 e. The van der Waals surface area contributed by atoms with Gasteiger partial charge in [0.15, 0.2) is 0 Å². The van der Waals surface area contributed by atoms with Gasteiger partial charge in [0.2, 0.25) is 5.95 Å². The molecule has 0 amide bonds. The molecule has 2 heterocycles. The highest BCUT2D eigenvalue weighted by Crippen LogP contribution is 2.07. The van der Waals surface area contributed by atoms with Gasteiger partial charge in [0.05, 0.1) is 12.2 Å². The van der Waals surface area contributed by atoms with Crippen LogP contribution in [-0.2, 0) is 6.54 Å². The third kappa shape index (κ3) is 3.69. The van der Waals surface area contributed by atoms with Crippen molar-refractivity contribution >= 4 is 11.8 Å². The van der Waals surface area contributed by atoms with Crippen LogP contribution in [0.3, 0.4) is 0 Å². The van der Waals surface area contributed by atoms with Gasteiger partial charge in [0, 0.05) is 18.9 Å². The summed E-state index contributed by atoms with van der Waals surface area (Å²) in [5.41, 5.74) is 0.985. The zero-order valence-electron chi connectivity index (χ0n) is 10.4. The molecular formula is C13H17N5. The van der Waals surface area contributed by atoms with E-state index in [0.717, 1.165) is 24.5 Å². The molecule has 0 bridgehead atoms. The Labute approximate surface area is 107 Å². The Morgan fingerprint density at radius 3 is 2.78 bits per heavy atom. The zero-order valence-corrected chi connectivity index (χ0v) is 10.4. The van der Waals surface area contributed by atoms with E-state index in [4.69, 9.17) is 0 Å². The maximum Gasteiger partial charge on any atom is 0.224 e. The number of aromatic nitrogens is 3. The highest BCUT2D eigenvalue weighted by Gasteiger charge is 1.98. The summed E-state index contributed by atoms with van der Waals surface area (Å²) in [4.78, 5) is 12.8. The lowest BCUT2D eigenvalue weighted by atomic mass is 10.3. The minimum atomic E-state index is 0.655. The van der Waals surface area contributed by atoms with Gasteiger partial charge < -0.3 is 10.6 Å². The molecule has 0 unspecified atom stereocenters. The van der Waals surface area contributed by atoms with Crippen LogP contribution in [0.5, 0.6) is 0 Å². The van der Waals surface area contributed by atoms with Crippen molar-refractivity contribution < 1.29 is 0 Å². The molecule has 0 spiro atoms. The van der Waals surface area contributed by atoms with Crippen LogP contribution in [0.2, 0.25) is 0 Å². The molecule has 2 rings (SSSR count). The maximum atomic E-state index is 4.36. The van der Waals surface area contributed by atoms with E-state index in [2.05, 4.69) is 32.5 Å². The SMILES string of the molecule is CCCNc1nccc(NCc2ccccn2)n1. The first-order chi connectivity index (χ1) is 8.88. The monoisotopic (exact) mass is 243 g/mol. The molecule has 2 N–H and O–H groups in total. The van der Waals surface area contributed by atoms with Crippen molar-refractivity contribution in [3.8, 4) is 0 Å². The van der Waals surface area contributed by atoms with Crippen LogP contribution in [0.15, 0.2) is 36.7 Å². The second-order valence-corrected chi connectivity index (χ2v) is 3.87. The van der Waals surface area contributed by atoms with Gasteiger partial charge in [-0.2, -0.15) is 4.98 Å². The Balaban J connectivity index is 1.93. The standard InChI is InChI=1S/C13H17N5/c1-2-7-15-13-16-9-6-12(18-13)17-10-11-5-3-4-8-14-11/h3-6,8-9H,2,7,10H2,1H3,(H2,15,16,17,18). The lowest BCUT2D eigenvalue weighted by Gasteiger charge is -2.07. The summed E-state index contributed by atoms with van der Waals surface area (Å²) in [5, 5.41) is 6.38. The first kappa shape index (κ1) is 12.3. The minimum absolute atomic E-state index is 0.655. The fourth-order valence-corrected chi connectivity index (χ4v) is 1.46. The van der Waals surface area contributed by atoms with E-state index in [0.29, 0.717) is 12.5 Å². The first-order valence-corrected chi connectivity index (χ1v) is 6.09. The summed E-state index contributed by atoms with van der Waals surface area (Å²) in [6.45, 7) is 3.64. The normalized spacial score (nSPS) is 10.1. The number of rotatable bonds is 6. The number of hydrogen-bond acceptors (Lipinski definition) is 5. The van der Waals surface area contributed by atoms with Crippen LogP contribution in [0, 0.1) is 0 Å². The number of pyridine rings is 1. The zero-order chi connectivity index (χ0) is 12.6. The van der Waals surface area contributed by atoms with Gasteiger partial charge in [-0.1, -0.05) is 13.0 Å². The van der Waals surface area contributed by atoms with E-state index < -0.39 is 0 Å². The largest absolute Gasteiger partial charge is 0.364 e. The van der Waals surface area contributed by atoms with E-state index in [1.54, 1.807) is 12.4 Å². The predicted octanol–water partition coefficient (Wildman–Crippen LogP) is 2.31. The molecule has 0 aliphatic carbocycles. The van der Waals surface area contributed by atoms with Crippen molar-refractivity contribution in [3.05, 3.63) is 42.4 Å². The van der Waals surface area contributed by atoms with Gasteiger partial charge in [-0.05, 0) is 24.6 Å². The number of hydrogen-bond donors (Lipinski definition) is 2. The summed E-state index contributed by atoms with van der Waals surface area (Å²) in [6, 6.07) is 7.70. The third-order valence-electron chi connectivity index (χ3n) is 2.37. The van der Waals surface area contributed by atoms with Crippen molar-refractivity contribution in [1.82, 2.24) is 15.0 Å². The molecule has 18 heavy (non-hydrogen) atoms. The molecule has 0 atom stereocenters. The number of nitrogens with zero attached hydrogens (tertiary/aromatic N) is 3. The van der Waals surface area contributed by atoms with Crippen LogP contribution in [0.4, 0.5) is 11.8 Å². The Morgan fingerprint density at radius 1 is 1.06 bits per heavy atom. The fraction of sp³-hybridized carbons (Fsp3) is 0.308. The van der Waals surface area contributed by atoms with Gasteiger partial charge in [0.25, 0.3) is 0 Å². The molecule has 5 heteroatoms. The van der Waals surface area contributed by atoms with Crippen LogP contribution in [0.1, 0.15) is 19.0 Å². The van der Waals surface area contributed by atoms with Crippen molar-refractivity contribution in [1.29, 1.82) is 0 Å². The van der Waals surface area contributed by atoms with Gasteiger partial charge in [-0.3, -0.25) is 4.98 Å². The van der Waals surface area contributed by atoms with Gasteiger partial charge in [-0.25, -0.2) is 4.98 Å². The topological polar surface area (TPSA) is 62.7 Å². The third-order valence-corrected chi connectivity index (χ3v) is 2.37. The van der Waals surface area contributed by atoms with E-state index in [-0.39, 0.29) is 0 Å². The van der Waals surface area contributed by atoms with Gasteiger partial charge in [0.1, 0.15) is 5.82 Å². The van der Waals surface area contributed by atoms with Gasteiger partial charge in [-0.15, -0.1) is 0 Å². The lowest BCUT2D eigenvalue weighted by molar-refractivity contribution is 0.948. The van der Waals surface area contributed by atoms with E-state index in [1.807, 2.05) is 24.3 Å². The van der Waals surface area contributed by atoms with Crippen LogP contribution < -0.4 is 10.6 Å². The molecule has 0 radical (unpaired) electrons. The molecular weight excluding hydrogens is 226 g/mol. The second kappa shape index (κ2) is 6.54. The summed E-state index contributed by atoms with van der Waals surface area (Å²) in [6.07, 6.45) is 4.58. The van der Waals surface area contributed by atoms with Crippen molar-refractivity contribution in [2.75, 3.05) is 17.2 Å².